The maximum absolute atomic E-state index is 12.4. The van der Waals surface area contributed by atoms with Gasteiger partial charge in [-0.15, -0.1) is 6.42 Å². The molecule has 9 heavy (non-hydrogen) atoms. The normalized spacial score (nSPS) is 28.3. The van der Waals surface area contributed by atoms with E-state index in [1.807, 2.05) is 6.92 Å². The second kappa shape index (κ2) is 2.24. The summed E-state index contributed by atoms with van der Waals surface area (Å²) in [7, 11) is 0. The molecule has 0 atom stereocenters. The molecule has 1 aliphatic carbocycles. The zero-order chi connectivity index (χ0) is 6.91. The first-order valence-electron chi connectivity index (χ1n) is 3.29. The Labute approximate surface area is 54.3 Å². The van der Waals surface area contributed by atoms with Gasteiger partial charge in [0.05, 0.1) is 0 Å². The van der Waals surface area contributed by atoms with E-state index in [-0.39, 0.29) is 12.8 Å². The van der Waals surface area contributed by atoms with Crippen molar-refractivity contribution in [1.29, 1.82) is 0 Å². The van der Waals surface area contributed by atoms with Crippen LogP contribution in [0.15, 0.2) is 0 Å². The fourth-order valence-electron chi connectivity index (χ4n) is 1.27. The van der Waals surface area contributed by atoms with E-state index in [1.165, 1.54) is 0 Å². The Morgan fingerprint density at radius 1 is 1.44 bits per heavy atom. The lowest BCUT2D eigenvalue weighted by Gasteiger charge is -2.35. The smallest absolute Gasteiger partial charge is 0.222 e. The molecule has 0 heterocycles. The molecule has 0 aliphatic heterocycles. The van der Waals surface area contributed by atoms with E-state index < -0.39 is 5.92 Å². The molecule has 0 amide bonds. The first-order valence-corrected chi connectivity index (χ1v) is 3.29. The fourth-order valence-corrected chi connectivity index (χ4v) is 1.27. The van der Waals surface area contributed by atoms with E-state index >= 15 is 0 Å². The van der Waals surface area contributed by atoms with E-state index in [0.717, 1.165) is 12.3 Å². The molecule has 0 radical (unpaired) electrons. The molecule has 0 N–H and O–H groups in total. The standard InChI is InChI=1S/C7H11F2/c1-6-3-2-4-7(8,9)5-6/h2-5H2,1H3/q-1. The van der Waals surface area contributed by atoms with Crippen LogP contribution in [0.25, 0.3) is 0 Å². The molecule has 54 valence electrons. The van der Waals surface area contributed by atoms with Gasteiger partial charge in [-0.05, 0) is 0 Å². The van der Waals surface area contributed by atoms with Crippen LogP contribution in [0.2, 0.25) is 0 Å². The lowest BCUT2D eigenvalue weighted by atomic mass is 9.88. The SMILES string of the molecule is C[C-]1CCCC(F)(F)C1. The predicted octanol–water partition coefficient (Wildman–Crippen LogP) is 2.79. The summed E-state index contributed by atoms with van der Waals surface area (Å²) >= 11 is 0. The van der Waals surface area contributed by atoms with E-state index in [2.05, 4.69) is 0 Å². The third-order valence-electron chi connectivity index (χ3n) is 1.71. The van der Waals surface area contributed by atoms with Gasteiger partial charge in [-0.3, -0.25) is 0 Å². The molecule has 1 fully saturated rings. The van der Waals surface area contributed by atoms with Crippen molar-refractivity contribution < 1.29 is 8.78 Å². The lowest BCUT2D eigenvalue weighted by Crippen LogP contribution is -2.23. The summed E-state index contributed by atoms with van der Waals surface area (Å²) in [5.41, 5.74) is 0. The van der Waals surface area contributed by atoms with Gasteiger partial charge in [0.1, 0.15) is 0 Å². The number of halogens is 2. The van der Waals surface area contributed by atoms with Gasteiger partial charge in [0.15, 0.2) is 0 Å². The van der Waals surface area contributed by atoms with Gasteiger partial charge in [0, 0.05) is 6.42 Å². The number of alkyl halides is 2. The van der Waals surface area contributed by atoms with Gasteiger partial charge in [-0.1, -0.05) is 6.42 Å². The highest BCUT2D eigenvalue weighted by molar-refractivity contribution is 4.94. The molecule has 1 aliphatic rings. The lowest BCUT2D eigenvalue weighted by molar-refractivity contribution is -0.0261. The van der Waals surface area contributed by atoms with Crippen molar-refractivity contribution in [3.8, 4) is 0 Å². The average molecular weight is 133 g/mol. The van der Waals surface area contributed by atoms with Gasteiger partial charge < -0.3 is 5.92 Å². The molecule has 0 bridgehead atoms. The quantitative estimate of drug-likeness (QED) is 0.446. The Balaban J connectivity index is 2.41. The largest absolute Gasteiger partial charge is 0.311 e. The summed E-state index contributed by atoms with van der Waals surface area (Å²) in [4.78, 5) is 0. The molecule has 0 aromatic carbocycles. The Bertz CT molecular complexity index is 99.1. The van der Waals surface area contributed by atoms with E-state index in [4.69, 9.17) is 0 Å². The van der Waals surface area contributed by atoms with E-state index in [9.17, 15) is 8.78 Å². The monoisotopic (exact) mass is 133 g/mol. The first kappa shape index (κ1) is 6.97. The minimum absolute atomic E-state index is 0.0208. The fraction of sp³-hybridized carbons (Fsp3) is 0.857. The van der Waals surface area contributed by atoms with Crippen LogP contribution in [0.4, 0.5) is 8.78 Å². The number of hydrogen-bond donors (Lipinski definition) is 0. The molecule has 1 rings (SSSR count). The highest BCUT2D eigenvalue weighted by Gasteiger charge is 2.27. The molecule has 0 nitrogen and oxygen atoms in total. The van der Waals surface area contributed by atoms with Crippen molar-refractivity contribution in [2.24, 2.45) is 0 Å². The topological polar surface area (TPSA) is 0 Å². The molecule has 0 aromatic rings. The zero-order valence-electron chi connectivity index (χ0n) is 5.58. The number of hydrogen-bond acceptors (Lipinski definition) is 0. The van der Waals surface area contributed by atoms with E-state index in [1.54, 1.807) is 0 Å². The van der Waals surface area contributed by atoms with Crippen LogP contribution in [-0.2, 0) is 0 Å². The molecular formula is C7H11F2-. The van der Waals surface area contributed by atoms with Crippen LogP contribution >= 0.6 is 0 Å². The summed E-state index contributed by atoms with van der Waals surface area (Å²) in [5, 5.41) is 0. The Hall–Kier alpha value is -0.140. The third-order valence-corrected chi connectivity index (χ3v) is 1.71. The van der Waals surface area contributed by atoms with Crippen LogP contribution in [0.5, 0.6) is 0 Å². The van der Waals surface area contributed by atoms with Crippen molar-refractivity contribution in [2.75, 3.05) is 0 Å². The summed E-state index contributed by atoms with van der Waals surface area (Å²) in [6.07, 6.45) is 1.67. The summed E-state index contributed by atoms with van der Waals surface area (Å²) in [6.45, 7) is 1.81. The zero-order valence-corrected chi connectivity index (χ0v) is 5.58. The van der Waals surface area contributed by atoms with Crippen LogP contribution in [0.3, 0.4) is 0 Å². The maximum atomic E-state index is 12.4. The number of rotatable bonds is 0. The second-order valence-corrected chi connectivity index (χ2v) is 2.84. The highest BCUT2D eigenvalue weighted by atomic mass is 19.3. The van der Waals surface area contributed by atoms with Crippen LogP contribution < -0.4 is 0 Å². The van der Waals surface area contributed by atoms with Crippen molar-refractivity contribution in [2.45, 2.75) is 38.5 Å². The van der Waals surface area contributed by atoms with Gasteiger partial charge >= 0.3 is 0 Å². The first-order chi connectivity index (χ1) is 4.10. The average Bonchev–Trinajstić information content (AvgIpc) is 1.60. The summed E-state index contributed by atoms with van der Waals surface area (Å²) in [5.74, 6) is -1.44. The van der Waals surface area contributed by atoms with Gasteiger partial charge in [0.2, 0.25) is 5.92 Å². The van der Waals surface area contributed by atoms with Crippen molar-refractivity contribution in [3.63, 3.8) is 0 Å². The van der Waals surface area contributed by atoms with Crippen LogP contribution in [0, 0.1) is 5.92 Å². The van der Waals surface area contributed by atoms with Crippen molar-refractivity contribution in [1.82, 2.24) is 0 Å². The van der Waals surface area contributed by atoms with Crippen LogP contribution in [0.1, 0.15) is 32.6 Å². The van der Waals surface area contributed by atoms with Crippen molar-refractivity contribution in [3.05, 3.63) is 5.92 Å². The highest BCUT2D eigenvalue weighted by Crippen LogP contribution is 2.37. The molecule has 0 unspecified atom stereocenters. The Kier molecular flexibility index (Phi) is 1.73. The maximum Gasteiger partial charge on any atom is 0.222 e. The van der Waals surface area contributed by atoms with Gasteiger partial charge in [0.25, 0.3) is 0 Å². The van der Waals surface area contributed by atoms with E-state index in [0.29, 0.717) is 6.42 Å². The Morgan fingerprint density at radius 2 is 2.11 bits per heavy atom. The summed E-state index contributed by atoms with van der Waals surface area (Å²) < 4.78 is 24.9. The minimum Gasteiger partial charge on any atom is -0.311 e. The van der Waals surface area contributed by atoms with Gasteiger partial charge in [-0.2, -0.15) is 13.3 Å². The second-order valence-electron chi connectivity index (χ2n) is 2.84. The van der Waals surface area contributed by atoms with Gasteiger partial charge in [-0.25, -0.2) is 8.78 Å². The molecule has 2 heteroatoms. The molecule has 0 aromatic heterocycles. The molecule has 1 saturated carbocycles. The van der Waals surface area contributed by atoms with Crippen LogP contribution in [-0.4, -0.2) is 5.92 Å². The predicted molar refractivity (Wildman–Crippen MR) is 32.3 cm³/mol. The minimum atomic E-state index is -2.39. The molecular weight excluding hydrogens is 122 g/mol. The molecule has 0 spiro atoms. The molecule has 0 saturated heterocycles. The summed E-state index contributed by atoms with van der Waals surface area (Å²) in [6, 6.07) is 0. The Morgan fingerprint density at radius 3 is 2.44 bits per heavy atom. The van der Waals surface area contributed by atoms with Crippen molar-refractivity contribution >= 4 is 0 Å². The third kappa shape index (κ3) is 1.92.